The Kier molecular flexibility index (Phi) is 7.97. The molecule has 0 aromatic heterocycles. The van der Waals surface area contributed by atoms with Crippen molar-refractivity contribution in [2.45, 2.75) is 26.4 Å². The van der Waals surface area contributed by atoms with Gasteiger partial charge in [-0.3, -0.25) is 9.59 Å². The van der Waals surface area contributed by atoms with Gasteiger partial charge >= 0.3 is 0 Å². The van der Waals surface area contributed by atoms with Crippen molar-refractivity contribution < 1.29 is 19.8 Å². The molecule has 2 amide bonds. The molecule has 0 unspecified atom stereocenters. The summed E-state index contributed by atoms with van der Waals surface area (Å²) >= 11 is 3.95. The highest BCUT2D eigenvalue weighted by atomic mass is 32.1. The van der Waals surface area contributed by atoms with Crippen LogP contribution in [0.2, 0.25) is 0 Å². The van der Waals surface area contributed by atoms with Crippen LogP contribution in [0.1, 0.15) is 20.3 Å². The molecule has 0 radical (unpaired) electrons. The molecule has 0 aromatic carbocycles. The van der Waals surface area contributed by atoms with E-state index < -0.39 is 17.4 Å². The van der Waals surface area contributed by atoms with Gasteiger partial charge in [0.05, 0.1) is 6.61 Å². The van der Waals surface area contributed by atoms with Gasteiger partial charge in [-0.1, -0.05) is 13.8 Å². The fraction of sp³-hybridized carbons (Fsp3) is 0.818. The highest BCUT2D eigenvalue weighted by Crippen LogP contribution is 2.19. The number of carbonyl (C=O) groups excluding carboxylic acids is 2. The summed E-state index contributed by atoms with van der Waals surface area (Å²) in [6.45, 7) is 3.49. The molecule has 7 heteroatoms. The number of aliphatic hydroxyl groups excluding tert-OH is 2. The average Bonchev–Trinajstić information content (AvgIpc) is 2.35. The molecular weight excluding hydrogens is 256 g/mol. The third-order valence-corrected chi connectivity index (χ3v) is 2.70. The third-order valence-electron chi connectivity index (χ3n) is 2.48. The van der Waals surface area contributed by atoms with Crippen LogP contribution in [0.4, 0.5) is 0 Å². The van der Waals surface area contributed by atoms with Crippen LogP contribution in [-0.2, 0) is 9.59 Å². The summed E-state index contributed by atoms with van der Waals surface area (Å²) in [5.74, 6) is -0.210. The van der Waals surface area contributed by atoms with Crippen molar-refractivity contribution in [2.24, 2.45) is 5.41 Å². The van der Waals surface area contributed by atoms with E-state index in [4.69, 9.17) is 5.11 Å². The third kappa shape index (κ3) is 6.23. The second kappa shape index (κ2) is 8.34. The van der Waals surface area contributed by atoms with Gasteiger partial charge in [0.1, 0.15) is 6.10 Å². The van der Waals surface area contributed by atoms with Gasteiger partial charge in [-0.2, -0.15) is 12.6 Å². The van der Waals surface area contributed by atoms with E-state index in [1.807, 2.05) is 0 Å². The molecule has 0 aromatic rings. The Balaban J connectivity index is 3.94. The Hall–Kier alpha value is -0.790. The van der Waals surface area contributed by atoms with Gasteiger partial charge < -0.3 is 20.8 Å². The number of hydrogen-bond acceptors (Lipinski definition) is 5. The van der Waals surface area contributed by atoms with E-state index in [-0.39, 0.29) is 25.5 Å². The molecule has 4 N–H and O–H groups in total. The minimum Gasteiger partial charge on any atom is -0.396 e. The van der Waals surface area contributed by atoms with Crippen LogP contribution in [0.25, 0.3) is 0 Å². The summed E-state index contributed by atoms with van der Waals surface area (Å²) in [4.78, 5) is 22.7. The van der Waals surface area contributed by atoms with Gasteiger partial charge in [-0.05, 0) is 0 Å². The first-order chi connectivity index (χ1) is 8.35. The quantitative estimate of drug-likeness (QED) is 0.365. The first-order valence-corrected chi connectivity index (χ1v) is 6.42. The van der Waals surface area contributed by atoms with Crippen molar-refractivity contribution in [1.29, 1.82) is 0 Å². The van der Waals surface area contributed by atoms with E-state index in [0.717, 1.165) is 0 Å². The number of hydrogen-bond donors (Lipinski definition) is 5. The van der Waals surface area contributed by atoms with Crippen molar-refractivity contribution in [1.82, 2.24) is 10.6 Å². The standard InChI is InChI=1S/C11H22N2O4S/c1-11(2,7-14)9(16)10(17)13-4-3-8(15)12-5-6-18/h9,14,16,18H,3-7H2,1-2H3,(H,12,15)(H,13,17)/t9-/m1/s1. The Labute approximate surface area is 113 Å². The zero-order valence-electron chi connectivity index (χ0n) is 10.8. The van der Waals surface area contributed by atoms with Gasteiger partial charge in [-0.15, -0.1) is 0 Å². The largest absolute Gasteiger partial charge is 0.396 e. The van der Waals surface area contributed by atoms with E-state index in [0.29, 0.717) is 12.3 Å². The predicted octanol–water partition coefficient (Wildman–Crippen LogP) is -1.08. The first-order valence-electron chi connectivity index (χ1n) is 5.79. The maximum Gasteiger partial charge on any atom is 0.249 e. The van der Waals surface area contributed by atoms with Crippen LogP contribution in [0, 0.1) is 5.41 Å². The molecule has 0 spiro atoms. The summed E-state index contributed by atoms with van der Waals surface area (Å²) < 4.78 is 0. The number of carbonyl (C=O) groups is 2. The molecule has 0 aliphatic carbocycles. The molecule has 106 valence electrons. The summed E-state index contributed by atoms with van der Waals surface area (Å²) in [5, 5.41) is 23.7. The lowest BCUT2D eigenvalue weighted by molar-refractivity contribution is -0.137. The number of rotatable bonds is 8. The lowest BCUT2D eigenvalue weighted by atomic mass is 9.87. The van der Waals surface area contributed by atoms with Crippen LogP contribution in [0.3, 0.4) is 0 Å². The molecule has 0 rings (SSSR count). The molecule has 0 heterocycles. The first kappa shape index (κ1) is 17.2. The molecule has 6 nitrogen and oxygen atoms in total. The summed E-state index contributed by atoms with van der Waals surface area (Å²) in [7, 11) is 0. The summed E-state index contributed by atoms with van der Waals surface area (Å²) in [5.41, 5.74) is -0.904. The smallest absolute Gasteiger partial charge is 0.249 e. The molecule has 18 heavy (non-hydrogen) atoms. The predicted molar refractivity (Wildman–Crippen MR) is 71.4 cm³/mol. The molecular formula is C11H22N2O4S. The van der Waals surface area contributed by atoms with Gasteiger partial charge in [0.25, 0.3) is 0 Å². The van der Waals surface area contributed by atoms with Gasteiger partial charge in [0.2, 0.25) is 11.8 Å². The summed E-state index contributed by atoms with van der Waals surface area (Å²) in [6.07, 6.45) is -1.16. The maximum absolute atomic E-state index is 11.5. The number of amides is 2. The van der Waals surface area contributed by atoms with Gasteiger partial charge in [-0.25, -0.2) is 0 Å². The monoisotopic (exact) mass is 278 g/mol. The van der Waals surface area contributed by atoms with Crippen molar-refractivity contribution >= 4 is 24.4 Å². The second-order valence-electron chi connectivity index (χ2n) is 4.66. The fourth-order valence-corrected chi connectivity index (χ4v) is 1.23. The molecule has 1 atom stereocenters. The van der Waals surface area contributed by atoms with E-state index >= 15 is 0 Å². The highest BCUT2D eigenvalue weighted by molar-refractivity contribution is 7.80. The van der Waals surface area contributed by atoms with Crippen molar-refractivity contribution in [3.8, 4) is 0 Å². The van der Waals surface area contributed by atoms with Crippen LogP contribution >= 0.6 is 12.6 Å². The lowest BCUT2D eigenvalue weighted by Gasteiger charge is -2.27. The van der Waals surface area contributed by atoms with Gasteiger partial charge in [0, 0.05) is 30.7 Å². The van der Waals surface area contributed by atoms with Crippen LogP contribution < -0.4 is 10.6 Å². The molecule has 0 bridgehead atoms. The van der Waals surface area contributed by atoms with Crippen LogP contribution in [0.15, 0.2) is 0 Å². The number of nitrogens with one attached hydrogen (secondary N) is 2. The molecule has 0 aliphatic rings. The molecule has 0 fully saturated rings. The maximum atomic E-state index is 11.5. The SMILES string of the molecule is CC(C)(CO)[C@H](O)C(=O)NCCC(=O)NCCS. The van der Waals surface area contributed by atoms with Crippen LogP contribution in [-0.4, -0.2) is 53.6 Å². The zero-order valence-corrected chi connectivity index (χ0v) is 11.7. The molecule has 0 aliphatic heterocycles. The molecule has 0 saturated carbocycles. The molecule has 0 saturated heterocycles. The highest BCUT2D eigenvalue weighted by Gasteiger charge is 2.32. The van der Waals surface area contributed by atoms with E-state index in [1.165, 1.54) is 0 Å². The Morgan fingerprint density at radius 2 is 1.89 bits per heavy atom. The Morgan fingerprint density at radius 3 is 2.39 bits per heavy atom. The zero-order chi connectivity index (χ0) is 14.2. The normalized spacial score (nSPS) is 12.9. The fourth-order valence-electron chi connectivity index (χ4n) is 1.12. The average molecular weight is 278 g/mol. The topological polar surface area (TPSA) is 98.7 Å². The number of thiol groups is 1. The minimum atomic E-state index is -1.30. The van der Waals surface area contributed by atoms with Crippen molar-refractivity contribution in [2.75, 3.05) is 25.4 Å². The van der Waals surface area contributed by atoms with Crippen LogP contribution in [0.5, 0.6) is 0 Å². The van der Waals surface area contributed by atoms with E-state index in [1.54, 1.807) is 13.8 Å². The van der Waals surface area contributed by atoms with Gasteiger partial charge in [0.15, 0.2) is 0 Å². The lowest BCUT2D eigenvalue weighted by Crippen LogP contribution is -2.46. The van der Waals surface area contributed by atoms with Crippen molar-refractivity contribution in [3.05, 3.63) is 0 Å². The Morgan fingerprint density at radius 1 is 1.28 bits per heavy atom. The van der Waals surface area contributed by atoms with E-state index in [2.05, 4.69) is 23.3 Å². The van der Waals surface area contributed by atoms with E-state index in [9.17, 15) is 14.7 Å². The number of aliphatic hydroxyl groups is 2. The second-order valence-corrected chi connectivity index (χ2v) is 5.11. The summed E-state index contributed by atoms with van der Waals surface area (Å²) in [6, 6.07) is 0. The van der Waals surface area contributed by atoms with Crippen molar-refractivity contribution in [3.63, 3.8) is 0 Å². The Bertz CT molecular complexity index is 284. The minimum absolute atomic E-state index is 0.145.